The predicted molar refractivity (Wildman–Crippen MR) is 99.3 cm³/mol. The second-order valence-electron chi connectivity index (χ2n) is 5.54. The van der Waals surface area contributed by atoms with Crippen molar-refractivity contribution in [2.75, 3.05) is 5.43 Å². The number of benzene rings is 2. The van der Waals surface area contributed by atoms with Gasteiger partial charge < -0.3 is 4.98 Å². The average molecular weight is 382 g/mol. The highest BCUT2D eigenvalue weighted by Gasteiger charge is 2.14. The predicted octanol–water partition coefficient (Wildman–Crippen LogP) is 5.98. The summed E-state index contributed by atoms with van der Waals surface area (Å²) in [6, 6.07) is 15.9. The van der Waals surface area contributed by atoms with Gasteiger partial charge in [0.15, 0.2) is 5.82 Å². The maximum Gasteiger partial charge on any atom is 0.158 e. The van der Waals surface area contributed by atoms with Gasteiger partial charge in [0, 0.05) is 20.9 Å². The summed E-state index contributed by atoms with van der Waals surface area (Å²) >= 11 is 3.39. The molecule has 0 saturated heterocycles. The topological polar surface area (TPSA) is 76.3 Å². The van der Waals surface area contributed by atoms with Crippen molar-refractivity contribution in [1.82, 2.24) is 4.98 Å². The van der Waals surface area contributed by atoms with E-state index in [4.69, 9.17) is 0 Å². The Hall–Kier alpha value is -2.65. The third kappa shape index (κ3) is 3.17. The largest absolute Gasteiger partial charge is 0.338 e. The van der Waals surface area contributed by atoms with E-state index in [9.17, 15) is 5.26 Å². The summed E-state index contributed by atoms with van der Waals surface area (Å²) in [7, 11) is 0. The Morgan fingerprint density at radius 1 is 1.21 bits per heavy atom. The first-order valence-electron chi connectivity index (χ1n) is 7.53. The Balaban J connectivity index is 1.90. The van der Waals surface area contributed by atoms with Gasteiger partial charge in [0.05, 0.1) is 17.7 Å². The molecule has 1 heterocycles. The molecule has 120 valence electrons. The fourth-order valence-electron chi connectivity index (χ4n) is 2.62. The molecular formula is C18H16BrN5. The number of rotatable bonds is 4. The maximum atomic E-state index is 9.22. The molecule has 3 rings (SSSR count). The summed E-state index contributed by atoms with van der Waals surface area (Å²) in [5.41, 5.74) is 6.72. The van der Waals surface area contributed by atoms with E-state index in [1.807, 2.05) is 56.3 Å². The van der Waals surface area contributed by atoms with Gasteiger partial charge >= 0.3 is 0 Å². The Labute approximate surface area is 148 Å². The lowest BCUT2D eigenvalue weighted by Gasteiger charge is -2.05. The number of hydrogen-bond acceptors (Lipinski definition) is 3. The zero-order chi connectivity index (χ0) is 17.1. The first kappa shape index (κ1) is 16.2. The first-order chi connectivity index (χ1) is 11.6. The molecule has 0 spiro atoms. The lowest BCUT2D eigenvalue weighted by molar-refractivity contribution is 0.993. The minimum absolute atomic E-state index is 0.172. The van der Waals surface area contributed by atoms with Gasteiger partial charge in [0.2, 0.25) is 0 Å². The SMILES string of the molecule is Cc1c(/N=N/Nc2ccc(Br)cc2)[nH]c2cccc(C(C)C#N)c12. The normalized spacial score (nSPS) is 12.4. The zero-order valence-corrected chi connectivity index (χ0v) is 14.9. The Morgan fingerprint density at radius 2 is 1.96 bits per heavy atom. The molecule has 0 amide bonds. The second-order valence-corrected chi connectivity index (χ2v) is 6.45. The van der Waals surface area contributed by atoms with E-state index in [1.54, 1.807) is 0 Å². The number of aryl methyl sites for hydroxylation is 1. The number of nitrogens with zero attached hydrogens (tertiary/aromatic N) is 3. The minimum atomic E-state index is -0.172. The van der Waals surface area contributed by atoms with Crippen molar-refractivity contribution < 1.29 is 0 Å². The van der Waals surface area contributed by atoms with Gasteiger partial charge in [-0.15, -0.1) is 5.11 Å². The summed E-state index contributed by atoms with van der Waals surface area (Å²) in [6.07, 6.45) is 0. The van der Waals surface area contributed by atoms with E-state index >= 15 is 0 Å². The smallest absolute Gasteiger partial charge is 0.158 e. The van der Waals surface area contributed by atoms with Crippen LogP contribution in [0.1, 0.15) is 24.0 Å². The minimum Gasteiger partial charge on any atom is -0.338 e. The van der Waals surface area contributed by atoms with Crippen LogP contribution in [-0.2, 0) is 0 Å². The monoisotopic (exact) mass is 381 g/mol. The molecule has 0 aliphatic heterocycles. The molecule has 1 aromatic heterocycles. The van der Waals surface area contributed by atoms with Crippen LogP contribution in [0.25, 0.3) is 10.9 Å². The fraction of sp³-hybridized carbons (Fsp3) is 0.167. The second kappa shape index (κ2) is 6.85. The third-order valence-corrected chi connectivity index (χ3v) is 4.44. The highest BCUT2D eigenvalue weighted by atomic mass is 79.9. The number of aromatic nitrogens is 1. The molecule has 6 heteroatoms. The van der Waals surface area contributed by atoms with E-state index in [0.29, 0.717) is 5.82 Å². The average Bonchev–Trinajstić information content (AvgIpc) is 2.92. The van der Waals surface area contributed by atoms with Crippen molar-refractivity contribution in [1.29, 1.82) is 5.26 Å². The van der Waals surface area contributed by atoms with Crippen LogP contribution >= 0.6 is 15.9 Å². The molecule has 1 unspecified atom stereocenters. The lowest BCUT2D eigenvalue weighted by atomic mass is 9.97. The molecule has 0 aliphatic rings. The number of fused-ring (bicyclic) bond motifs is 1. The summed E-state index contributed by atoms with van der Waals surface area (Å²) in [6.45, 7) is 3.89. The van der Waals surface area contributed by atoms with Crippen molar-refractivity contribution in [3.63, 3.8) is 0 Å². The van der Waals surface area contributed by atoms with E-state index in [2.05, 4.69) is 42.7 Å². The number of hydrogen-bond donors (Lipinski definition) is 2. The van der Waals surface area contributed by atoms with Crippen molar-refractivity contribution >= 4 is 38.3 Å². The van der Waals surface area contributed by atoms with Crippen LogP contribution in [0.5, 0.6) is 0 Å². The van der Waals surface area contributed by atoms with Gasteiger partial charge in [-0.05, 0) is 49.7 Å². The van der Waals surface area contributed by atoms with Crippen LogP contribution in [0.2, 0.25) is 0 Å². The molecule has 0 bridgehead atoms. The molecule has 0 fully saturated rings. The Morgan fingerprint density at radius 3 is 2.67 bits per heavy atom. The lowest BCUT2D eigenvalue weighted by Crippen LogP contribution is -1.90. The molecule has 1 atom stereocenters. The molecular weight excluding hydrogens is 366 g/mol. The molecule has 2 aromatic carbocycles. The van der Waals surface area contributed by atoms with Gasteiger partial charge in [-0.2, -0.15) is 5.26 Å². The van der Waals surface area contributed by atoms with Gasteiger partial charge in [0.25, 0.3) is 0 Å². The molecule has 24 heavy (non-hydrogen) atoms. The first-order valence-corrected chi connectivity index (χ1v) is 8.32. The number of H-pyrrole nitrogens is 1. The molecule has 2 N–H and O–H groups in total. The van der Waals surface area contributed by atoms with E-state index < -0.39 is 0 Å². The van der Waals surface area contributed by atoms with Crippen molar-refractivity contribution in [2.24, 2.45) is 10.3 Å². The van der Waals surface area contributed by atoms with Gasteiger partial charge in [-0.3, -0.25) is 5.43 Å². The van der Waals surface area contributed by atoms with E-state index in [-0.39, 0.29) is 5.92 Å². The molecule has 3 aromatic rings. The molecule has 0 aliphatic carbocycles. The maximum absolute atomic E-state index is 9.22. The third-order valence-electron chi connectivity index (χ3n) is 3.91. The zero-order valence-electron chi connectivity index (χ0n) is 13.3. The highest BCUT2D eigenvalue weighted by Crippen LogP contribution is 2.33. The molecule has 0 saturated carbocycles. The van der Waals surface area contributed by atoms with E-state index in [1.165, 1.54) is 0 Å². The van der Waals surface area contributed by atoms with Crippen LogP contribution in [-0.4, -0.2) is 4.98 Å². The van der Waals surface area contributed by atoms with Crippen LogP contribution in [0.3, 0.4) is 0 Å². The van der Waals surface area contributed by atoms with Gasteiger partial charge in [0.1, 0.15) is 0 Å². The highest BCUT2D eigenvalue weighted by molar-refractivity contribution is 9.10. The standard InChI is InChI=1S/C18H16BrN5/c1-11(10-20)15-4-3-5-16-17(15)12(2)18(21-16)23-24-22-14-8-6-13(19)7-9-14/h3-9,11,21H,1-2H3,(H,22,23). The number of aromatic amines is 1. The van der Waals surface area contributed by atoms with Crippen molar-refractivity contribution in [3.05, 3.63) is 58.1 Å². The van der Waals surface area contributed by atoms with Crippen molar-refractivity contribution in [3.8, 4) is 6.07 Å². The van der Waals surface area contributed by atoms with Gasteiger partial charge in [-0.1, -0.05) is 33.3 Å². The summed E-state index contributed by atoms with van der Waals surface area (Å²) in [4.78, 5) is 3.26. The summed E-state index contributed by atoms with van der Waals surface area (Å²) < 4.78 is 1.01. The van der Waals surface area contributed by atoms with Gasteiger partial charge in [-0.25, -0.2) is 0 Å². The number of halogens is 1. The number of nitrogens with one attached hydrogen (secondary N) is 2. The number of nitriles is 1. The Kier molecular flexibility index (Phi) is 4.63. The Bertz CT molecular complexity index is 934. The van der Waals surface area contributed by atoms with Crippen LogP contribution in [0.15, 0.2) is 57.3 Å². The summed E-state index contributed by atoms with van der Waals surface area (Å²) in [5, 5.41) is 18.6. The van der Waals surface area contributed by atoms with Crippen LogP contribution < -0.4 is 5.43 Å². The molecule has 5 nitrogen and oxygen atoms in total. The van der Waals surface area contributed by atoms with Crippen LogP contribution in [0.4, 0.5) is 11.5 Å². The quantitative estimate of drug-likeness (QED) is 0.430. The van der Waals surface area contributed by atoms with Crippen LogP contribution in [0, 0.1) is 18.3 Å². The fourth-order valence-corrected chi connectivity index (χ4v) is 2.88. The summed E-state index contributed by atoms with van der Waals surface area (Å²) in [5.74, 6) is 0.515. The number of anilines is 1. The van der Waals surface area contributed by atoms with E-state index in [0.717, 1.165) is 32.2 Å². The van der Waals surface area contributed by atoms with Crippen molar-refractivity contribution in [2.45, 2.75) is 19.8 Å². The molecule has 0 radical (unpaired) electrons.